The van der Waals surface area contributed by atoms with Crippen molar-refractivity contribution in [1.82, 2.24) is 4.98 Å². The lowest BCUT2D eigenvalue weighted by molar-refractivity contribution is 0.102. The SMILES string of the molecule is COc1ccc2c(Cl)c(C(=O)Nc3ccc(Cl)cc3)[nH]c2c1. The predicted octanol–water partition coefficient (Wildman–Crippen LogP) is 4.74. The summed E-state index contributed by atoms with van der Waals surface area (Å²) in [5.74, 6) is 0.373. The van der Waals surface area contributed by atoms with E-state index in [-0.39, 0.29) is 5.91 Å². The number of amides is 1. The molecule has 3 aromatic rings. The lowest BCUT2D eigenvalue weighted by Gasteiger charge is -2.04. The number of H-pyrrole nitrogens is 1. The highest BCUT2D eigenvalue weighted by Crippen LogP contribution is 2.30. The minimum absolute atomic E-state index is 0.305. The first kappa shape index (κ1) is 14.8. The summed E-state index contributed by atoms with van der Waals surface area (Å²) in [6, 6.07) is 12.2. The first-order chi connectivity index (χ1) is 10.6. The first-order valence-electron chi connectivity index (χ1n) is 6.50. The van der Waals surface area contributed by atoms with Gasteiger partial charge >= 0.3 is 0 Å². The number of carbonyl (C=O) groups is 1. The van der Waals surface area contributed by atoms with E-state index in [1.807, 2.05) is 6.07 Å². The Labute approximate surface area is 137 Å². The van der Waals surface area contributed by atoms with Crippen molar-refractivity contribution in [2.45, 2.75) is 0 Å². The van der Waals surface area contributed by atoms with Crippen LogP contribution < -0.4 is 10.1 Å². The Hall–Kier alpha value is -2.17. The van der Waals surface area contributed by atoms with Crippen LogP contribution in [0.15, 0.2) is 42.5 Å². The van der Waals surface area contributed by atoms with Crippen molar-refractivity contribution in [3.05, 3.63) is 58.2 Å². The maximum absolute atomic E-state index is 12.4. The molecule has 0 spiro atoms. The molecule has 112 valence electrons. The normalized spacial score (nSPS) is 10.7. The van der Waals surface area contributed by atoms with Crippen molar-refractivity contribution < 1.29 is 9.53 Å². The zero-order valence-electron chi connectivity index (χ0n) is 11.6. The van der Waals surface area contributed by atoms with Crippen LogP contribution in [0.3, 0.4) is 0 Å². The monoisotopic (exact) mass is 334 g/mol. The average molecular weight is 335 g/mol. The summed E-state index contributed by atoms with van der Waals surface area (Å²) in [6.07, 6.45) is 0. The molecule has 0 aliphatic heterocycles. The van der Waals surface area contributed by atoms with E-state index in [0.717, 1.165) is 10.9 Å². The highest BCUT2D eigenvalue weighted by molar-refractivity contribution is 6.39. The van der Waals surface area contributed by atoms with Gasteiger partial charge in [0.05, 0.1) is 17.6 Å². The number of rotatable bonds is 3. The van der Waals surface area contributed by atoms with Gasteiger partial charge in [0, 0.05) is 22.2 Å². The van der Waals surface area contributed by atoms with Gasteiger partial charge in [-0.3, -0.25) is 4.79 Å². The Balaban J connectivity index is 1.93. The lowest BCUT2D eigenvalue weighted by Crippen LogP contribution is -2.12. The largest absolute Gasteiger partial charge is 0.497 e. The summed E-state index contributed by atoms with van der Waals surface area (Å²) in [5, 5.41) is 4.52. The van der Waals surface area contributed by atoms with E-state index in [0.29, 0.717) is 27.2 Å². The Kier molecular flexibility index (Phi) is 3.96. The molecule has 2 N–H and O–H groups in total. The smallest absolute Gasteiger partial charge is 0.273 e. The van der Waals surface area contributed by atoms with Gasteiger partial charge in [0.1, 0.15) is 11.4 Å². The van der Waals surface area contributed by atoms with Gasteiger partial charge in [0.15, 0.2) is 0 Å². The molecule has 0 radical (unpaired) electrons. The molecule has 22 heavy (non-hydrogen) atoms. The zero-order chi connectivity index (χ0) is 15.7. The van der Waals surface area contributed by atoms with Crippen LogP contribution in [0.25, 0.3) is 10.9 Å². The van der Waals surface area contributed by atoms with Crippen molar-refractivity contribution in [2.24, 2.45) is 0 Å². The van der Waals surface area contributed by atoms with Gasteiger partial charge < -0.3 is 15.0 Å². The lowest BCUT2D eigenvalue weighted by atomic mass is 10.2. The first-order valence-corrected chi connectivity index (χ1v) is 7.26. The predicted molar refractivity (Wildman–Crippen MR) is 89.3 cm³/mol. The third-order valence-corrected chi connectivity index (χ3v) is 3.92. The fourth-order valence-electron chi connectivity index (χ4n) is 2.15. The number of aromatic amines is 1. The fraction of sp³-hybridized carbons (Fsp3) is 0.0625. The van der Waals surface area contributed by atoms with Gasteiger partial charge in [-0.05, 0) is 36.4 Å². The standard InChI is InChI=1S/C16H12Cl2N2O2/c1-22-11-6-7-12-13(8-11)20-15(14(12)18)16(21)19-10-4-2-9(17)3-5-10/h2-8,20H,1H3,(H,19,21). The average Bonchev–Trinajstić information content (AvgIpc) is 2.86. The molecule has 0 unspecified atom stereocenters. The highest BCUT2D eigenvalue weighted by Gasteiger charge is 2.17. The molecular weight excluding hydrogens is 323 g/mol. The molecule has 0 saturated carbocycles. The maximum atomic E-state index is 12.4. The number of anilines is 1. The number of aromatic nitrogens is 1. The molecule has 0 atom stereocenters. The van der Waals surface area contributed by atoms with E-state index in [1.165, 1.54) is 0 Å². The number of benzene rings is 2. The van der Waals surface area contributed by atoms with Crippen LogP contribution >= 0.6 is 23.2 Å². The summed E-state index contributed by atoms with van der Waals surface area (Å²) >= 11 is 12.1. The molecular formula is C16H12Cl2N2O2. The van der Waals surface area contributed by atoms with Crippen LogP contribution in [0.5, 0.6) is 5.75 Å². The number of nitrogens with one attached hydrogen (secondary N) is 2. The Morgan fingerprint density at radius 2 is 1.86 bits per heavy atom. The number of hydrogen-bond acceptors (Lipinski definition) is 2. The number of halogens is 2. The summed E-state index contributed by atoms with van der Waals surface area (Å²) in [4.78, 5) is 15.4. The van der Waals surface area contributed by atoms with Crippen LogP contribution in [0.1, 0.15) is 10.5 Å². The molecule has 1 amide bonds. The van der Waals surface area contributed by atoms with Crippen LogP contribution in [-0.2, 0) is 0 Å². The number of fused-ring (bicyclic) bond motifs is 1. The molecule has 4 nitrogen and oxygen atoms in total. The second kappa shape index (κ2) is 5.91. The summed E-state index contributed by atoms with van der Waals surface area (Å²) in [5.41, 5.74) is 1.69. The van der Waals surface area contributed by atoms with Gasteiger partial charge in [0.2, 0.25) is 0 Å². The van der Waals surface area contributed by atoms with E-state index in [1.54, 1.807) is 43.5 Å². The molecule has 1 aromatic heterocycles. The summed E-state index contributed by atoms with van der Waals surface area (Å²) in [6.45, 7) is 0. The van der Waals surface area contributed by atoms with Gasteiger partial charge in [0.25, 0.3) is 5.91 Å². The second-order valence-electron chi connectivity index (χ2n) is 4.69. The topological polar surface area (TPSA) is 54.1 Å². The summed E-state index contributed by atoms with van der Waals surface area (Å²) < 4.78 is 5.16. The molecule has 0 aliphatic carbocycles. The Morgan fingerprint density at radius 1 is 1.14 bits per heavy atom. The van der Waals surface area contributed by atoms with Crippen molar-refractivity contribution >= 4 is 45.7 Å². The van der Waals surface area contributed by atoms with Gasteiger partial charge in [-0.2, -0.15) is 0 Å². The van der Waals surface area contributed by atoms with Crippen molar-refractivity contribution in [3.63, 3.8) is 0 Å². The molecule has 0 fully saturated rings. The highest BCUT2D eigenvalue weighted by atomic mass is 35.5. The van der Waals surface area contributed by atoms with Gasteiger partial charge in [-0.25, -0.2) is 0 Å². The van der Waals surface area contributed by atoms with Crippen LogP contribution in [0.2, 0.25) is 10.0 Å². The molecule has 0 aliphatic rings. The number of ether oxygens (including phenoxy) is 1. The van der Waals surface area contributed by atoms with E-state index < -0.39 is 0 Å². The number of hydrogen-bond donors (Lipinski definition) is 2. The van der Waals surface area contributed by atoms with Crippen molar-refractivity contribution in [3.8, 4) is 5.75 Å². The molecule has 0 saturated heterocycles. The molecule has 0 bridgehead atoms. The summed E-state index contributed by atoms with van der Waals surface area (Å²) in [7, 11) is 1.58. The van der Waals surface area contributed by atoms with E-state index in [9.17, 15) is 4.79 Å². The van der Waals surface area contributed by atoms with E-state index in [2.05, 4.69) is 10.3 Å². The molecule has 1 heterocycles. The van der Waals surface area contributed by atoms with Crippen molar-refractivity contribution in [2.75, 3.05) is 12.4 Å². The number of carbonyl (C=O) groups excluding carboxylic acids is 1. The minimum atomic E-state index is -0.317. The second-order valence-corrected chi connectivity index (χ2v) is 5.50. The molecule has 6 heteroatoms. The third-order valence-electron chi connectivity index (χ3n) is 3.27. The zero-order valence-corrected chi connectivity index (χ0v) is 13.1. The van der Waals surface area contributed by atoms with Gasteiger partial charge in [-0.15, -0.1) is 0 Å². The Bertz CT molecular complexity index is 841. The maximum Gasteiger partial charge on any atom is 0.273 e. The van der Waals surface area contributed by atoms with Crippen LogP contribution in [0, 0.1) is 0 Å². The minimum Gasteiger partial charge on any atom is -0.497 e. The van der Waals surface area contributed by atoms with E-state index >= 15 is 0 Å². The van der Waals surface area contributed by atoms with Gasteiger partial charge in [-0.1, -0.05) is 23.2 Å². The third kappa shape index (κ3) is 2.75. The van der Waals surface area contributed by atoms with Crippen molar-refractivity contribution in [1.29, 1.82) is 0 Å². The van der Waals surface area contributed by atoms with Crippen LogP contribution in [-0.4, -0.2) is 18.0 Å². The Morgan fingerprint density at radius 3 is 2.55 bits per heavy atom. The fourth-order valence-corrected chi connectivity index (χ4v) is 2.58. The number of methoxy groups -OCH3 is 1. The van der Waals surface area contributed by atoms with E-state index in [4.69, 9.17) is 27.9 Å². The quantitative estimate of drug-likeness (QED) is 0.727. The van der Waals surface area contributed by atoms with Crippen LogP contribution in [0.4, 0.5) is 5.69 Å². The molecule has 3 rings (SSSR count). The molecule has 2 aromatic carbocycles.